The molecule has 0 saturated heterocycles. The van der Waals surface area contributed by atoms with Crippen molar-refractivity contribution in [2.75, 3.05) is 46.2 Å². The van der Waals surface area contributed by atoms with Crippen LogP contribution in [0.25, 0.3) is 0 Å². The monoisotopic (exact) mass is 286 g/mol. The quantitative estimate of drug-likeness (QED) is 0.511. The fourth-order valence-corrected chi connectivity index (χ4v) is 0.691. The highest BCUT2D eigenvalue weighted by molar-refractivity contribution is 4.93. The van der Waals surface area contributed by atoms with Crippen molar-refractivity contribution in [1.29, 1.82) is 10.5 Å². The third kappa shape index (κ3) is 43.9. The molecule has 6 nitrogen and oxygen atoms in total. The van der Waals surface area contributed by atoms with Crippen molar-refractivity contribution in [2.45, 2.75) is 20.3 Å². The van der Waals surface area contributed by atoms with Gasteiger partial charge in [0.05, 0.1) is 51.6 Å². The van der Waals surface area contributed by atoms with Crippen LogP contribution in [0.1, 0.15) is 20.3 Å². The van der Waals surface area contributed by atoms with Gasteiger partial charge in [0.25, 0.3) is 0 Å². The van der Waals surface area contributed by atoms with Crippen molar-refractivity contribution < 1.29 is 19.3 Å². The topological polar surface area (TPSA) is 95.5 Å². The van der Waals surface area contributed by atoms with Gasteiger partial charge in [-0.1, -0.05) is 6.58 Å². The number of allylic oxidation sites excluding steroid dienone is 1. The predicted molar refractivity (Wildman–Crippen MR) is 76.9 cm³/mol. The fraction of sp³-hybridized carbons (Fsp3) is 0.714. The second kappa shape index (κ2) is 30.5. The van der Waals surface area contributed by atoms with E-state index >= 15 is 0 Å². The van der Waals surface area contributed by atoms with Gasteiger partial charge in [-0.2, -0.15) is 10.5 Å². The Bertz CT molecular complexity index is 243. The standard InChI is InChI=1S/C7H13NO2.C4H10O2.C3H3N/c1-2-9-6-7-10-5-3-4-8;1-2-6-4-3-5;1-2-3-4/h2-3,5-7H2,1H3;5H,2-4H2,1H3;2H,1H2. The summed E-state index contributed by atoms with van der Waals surface area (Å²) < 4.78 is 14.8. The van der Waals surface area contributed by atoms with Crippen LogP contribution in [-0.2, 0) is 14.2 Å². The van der Waals surface area contributed by atoms with Gasteiger partial charge in [0, 0.05) is 19.3 Å². The van der Waals surface area contributed by atoms with Crippen LogP contribution in [-0.4, -0.2) is 51.4 Å². The largest absolute Gasteiger partial charge is 0.394 e. The zero-order valence-electron chi connectivity index (χ0n) is 12.5. The van der Waals surface area contributed by atoms with E-state index in [1.165, 1.54) is 6.08 Å². The zero-order valence-corrected chi connectivity index (χ0v) is 12.5. The molecule has 0 amide bonds. The number of rotatable bonds is 9. The van der Waals surface area contributed by atoms with Crippen LogP contribution in [0.4, 0.5) is 0 Å². The maximum absolute atomic E-state index is 8.11. The molecule has 0 radical (unpaired) electrons. The number of aliphatic hydroxyl groups is 1. The Morgan fingerprint density at radius 3 is 1.85 bits per heavy atom. The summed E-state index contributed by atoms with van der Waals surface area (Å²) in [5.74, 6) is 0. The summed E-state index contributed by atoms with van der Waals surface area (Å²) in [6, 6.07) is 3.69. The molecule has 0 aliphatic carbocycles. The Labute approximate surface area is 122 Å². The van der Waals surface area contributed by atoms with Gasteiger partial charge in [-0.05, 0) is 13.8 Å². The van der Waals surface area contributed by atoms with Gasteiger partial charge in [0.2, 0.25) is 0 Å². The van der Waals surface area contributed by atoms with E-state index in [2.05, 4.69) is 6.58 Å². The molecule has 0 aromatic heterocycles. The highest BCUT2D eigenvalue weighted by Gasteiger charge is 1.86. The van der Waals surface area contributed by atoms with Gasteiger partial charge in [-0.15, -0.1) is 0 Å². The molecule has 20 heavy (non-hydrogen) atoms. The minimum atomic E-state index is 0.133. The first kappa shape index (κ1) is 23.6. The molecule has 0 bridgehead atoms. The lowest BCUT2D eigenvalue weighted by molar-refractivity contribution is 0.0551. The maximum Gasteiger partial charge on any atom is 0.0905 e. The Hall–Kier alpha value is -1.44. The Morgan fingerprint density at radius 1 is 1.00 bits per heavy atom. The van der Waals surface area contributed by atoms with E-state index in [4.69, 9.17) is 29.8 Å². The average molecular weight is 286 g/mol. The molecule has 0 saturated carbocycles. The van der Waals surface area contributed by atoms with E-state index in [-0.39, 0.29) is 6.61 Å². The summed E-state index contributed by atoms with van der Waals surface area (Å²) in [4.78, 5) is 0. The normalized spacial score (nSPS) is 8.05. The van der Waals surface area contributed by atoms with Gasteiger partial charge in [0.15, 0.2) is 0 Å². The zero-order chi connectivity index (χ0) is 15.9. The lowest BCUT2D eigenvalue weighted by Gasteiger charge is -2.00. The van der Waals surface area contributed by atoms with Crippen LogP contribution in [0, 0.1) is 22.7 Å². The SMILES string of the molecule is C=CC#N.CCOCCO.CCOCCOCCC#N. The maximum atomic E-state index is 8.11. The van der Waals surface area contributed by atoms with Gasteiger partial charge < -0.3 is 19.3 Å². The van der Waals surface area contributed by atoms with E-state index in [0.29, 0.717) is 39.5 Å². The molecule has 0 aliphatic heterocycles. The first-order valence-electron chi connectivity index (χ1n) is 6.46. The number of hydrogen-bond donors (Lipinski definition) is 1. The number of hydrogen-bond acceptors (Lipinski definition) is 6. The molecular formula is C14H26N2O4. The molecule has 116 valence electrons. The van der Waals surface area contributed by atoms with E-state index in [0.717, 1.165) is 6.61 Å². The second-order valence-corrected chi connectivity index (χ2v) is 2.97. The minimum Gasteiger partial charge on any atom is -0.394 e. The minimum absolute atomic E-state index is 0.133. The van der Waals surface area contributed by atoms with Crippen LogP contribution >= 0.6 is 0 Å². The van der Waals surface area contributed by atoms with E-state index in [9.17, 15) is 0 Å². The van der Waals surface area contributed by atoms with Crippen LogP contribution in [0.3, 0.4) is 0 Å². The lowest BCUT2D eigenvalue weighted by Crippen LogP contribution is -2.04. The highest BCUT2D eigenvalue weighted by atomic mass is 16.5. The van der Waals surface area contributed by atoms with Crippen molar-refractivity contribution in [1.82, 2.24) is 0 Å². The number of aliphatic hydroxyl groups excluding tert-OH is 1. The smallest absolute Gasteiger partial charge is 0.0905 e. The lowest BCUT2D eigenvalue weighted by atomic mass is 10.5. The summed E-state index contributed by atoms with van der Waals surface area (Å²) in [5.41, 5.74) is 0. The first-order valence-corrected chi connectivity index (χ1v) is 6.46. The second-order valence-electron chi connectivity index (χ2n) is 2.97. The fourth-order valence-electron chi connectivity index (χ4n) is 0.691. The third-order valence-corrected chi connectivity index (χ3v) is 1.47. The molecule has 0 unspecified atom stereocenters. The predicted octanol–water partition coefficient (Wildman–Crippen LogP) is 1.66. The molecule has 0 fully saturated rings. The third-order valence-electron chi connectivity index (χ3n) is 1.47. The highest BCUT2D eigenvalue weighted by Crippen LogP contribution is 1.80. The molecule has 0 spiro atoms. The first-order chi connectivity index (χ1) is 9.74. The average Bonchev–Trinajstić information content (AvgIpc) is 2.49. The Kier molecular flexibility index (Phi) is 36.1. The van der Waals surface area contributed by atoms with E-state index in [1.54, 1.807) is 6.07 Å². The number of nitriles is 2. The van der Waals surface area contributed by atoms with Crippen LogP contribution in [0.15, 0.2) is 12.7 Å². The summed E-state index contributed by atoms with van der Waals surface area (Å²) in [5, 5.41) is 23.7. The molecule has 0 aromatic rings. The molecular weight excluding hydrogens is 260 g/mol. The summed E-state index contributed by atoms with van der Waals surface area (Å²) in [6.07, 6.45) is 1.64. The molecule has 0 heterocycles. The van der Waals surface area contributed by atoms with Crippen molar-refractivity contribution in [3.63, 3.8) is 0 Å². The van der Waals surface area contributed by atoms with Crippen LogP contribution in [0.5, 0.6) is 0 Å². The summed E-state index contributed by atoms with van der Waals surface area (Å²) in [6.45, 7) is 10.7. The van der Waals surface area contributed by atoms with Crippen molar-refractivity contribution >= 4 is 0 Å². The summed E-state index contributed by atoms with van der Waals surface area (Å²) in [7, 11) is 0. The Balaban J connectivity index is -0.000000246. The van der Waals surface area contributed by atoms with Gasteiger partial charge in [-0.25, -0.2) is 0 Å². The van der Waals surface area contributed by atoms with Crippen LogP contribution in [0.2, 0.25) is 0 Å². The van der Waals surface area contributed by atoms with Gasteiger partial charge >= 0.3 is 0 Å². The van der Waals surface area contributed by atoms with E-state index < -0.39 is 0 Å². The number of ether oxygens (including phenoxy) is 3. The molecule has 0 atom stereocenters. The van der Waals surface area contributed by atoms with Gasteiger partial charge in [0.1, 0.15) is 0 Å². The molecule has 0 aromatic carbocycles. The molecule has 1 N–H and O–H groups in total. The number of nitrogens with zero attached hydrogens (tertiary/aromatic N) is 2. The van der Waals surface area contributed by atoms with Crippen molar-refractivity contribution in [3.8, 4) is 12.1 Å². The molecule has 6 heteroatoms. The van der Waals surface area contributed by atoms with Crippen molar-refractivity contribution in [3.05, 3.63) is 12.7 Å². The molecule has 0 aliphatic rings. The van der Waals surface area contributed by atoms with Crippen molar-refractivity contribution in [2.24, 2.45) is 0 Å². The molecule has 0 rings (SSSR count). The van der Waals surface area contributed by atoms with E-state index in [1.807, 2.05) is 19.9 Å². The van der Waals surface area contributed by atoms with Gasteiger partial charge in [-0.3, -0.25) is 0 Å². The Morgan fingerprint density at radius 2 is 1.50 bits per heavy atom. The van der Waals surface area contributed by atoms with Crippen LogP contribution < -0.4 is 0 Å². The summed E-state index contributed by atoms with van der Waals surface area (Å²) >= 11 is 0.